The van der Waals surface area contributed by atoms with E-state index in [1.807, 2.05) is 42.5 Å². The highest BCUT2D eigenvalue weighted by Gasteiger charge is 2.28. The molecule has 1 aliphatic heterocycles. The van der Waals surface area contributed by atoms with Crippen molar-refractivity contribution in [3.63, 3.8) is 0 Å². The summed E-state index contributed by atoms with van der Waals surface area (Å²) in [5.74, 6) is 1.61. The molecule has 29 heavy (non-hydrogen) atoms. The summed E-state index contributed by atoms with van der Waals surface area (Å²) in [5, 5.41) is 7.02. The summed E-state index contributed by atoms with van der Waals surface area (Å²) in [6.45, 7) is 0.940. The smallest absolute Gasteiger partial charge is 0.191 e. The Bertz CT molecular complexity index is 953. The number of hydrogen-bond donors (Lipinski definition) is 2. The lowest BCUT2D eigenvalue weighted by Crippen LogP contribution is -2.43. The fourth-order valence-electron chi connectivity index (χ4n) is 3.06. The SMILES string of the molecule is CN=C(NCc1ccccc1COc1ccccc1Cl)NC1CCS(=O)(=O)C1.I. The number of halogens is 2. The lowest BCUT2D eigenvalue weighted by molar-refractivity contribution is 0.305. The van der Waals surface area contributed by atoms with Crippen molar-refractivity contribution < 1.29 is 13.2 Å². The van der Waals surface area contributed by atoms with Crippen molar-refractivity contribution in [1.29, 1.82) is 0 Å². The topological polar surface area (TPSA) is 79.8 Å². The van der Waals surface area contributed by atoms with Gasteiger partial charge in [0.1, 0.15) is 12.4 Å². The number of guanidine groups is 1. The van der Waals surface area contributed by atoms with Crippen molar-refractivity contribution in [2.75, 3.05) is 18.6 Å². The zero-order chi connectivity index (χ0) is 20.0. The number of para-hydroxylation sites is 1. The number of nitrogens with zero attached hydrogens (tertiary/aromatic N) is 1. The van der Waals surface area contributed by atoms with Gasteiger partial charge in [-0.15, -0.1) is 24.0 Å². The van der Waals surface area contributed by atoms with Crippen LogP contribution < -0.4 is 15.4 Å². The van der Waals surface area contributed by atoms with Gasteiger partial charge in [-0.2, -0.15) is 0 Å². The Morgan fingerprint density at radius 3 is 2.52 bits per heavy atom. The number of aliphatic imine (C=N–C) groups is 1. The lowest BCUT2D eigenvalue weighted by atomic mass is 10.1. The standard InChI is InChI=1S/C20H24ClN3O3S.HI/c1-22-20(24-17-10-11-28(25,26)14-17)23-12-15-6-2-3-7-16(15)13-27-19-9-5-4-8-18(19)21;/h2-9,17H,10-14H2,1H3,(H2,22,23,24);1H. The van der Waals surface area contributed by atoms with Gasteiger partial charge < -0.3 is 15.4 Å². The van der Waals surface area contributed by atoms with Gasteiger partial charge in [-0.05, 0) is 29.7 Å². The van der Waals surface area contributed by atoms with Gasteiger partial charge in [0.15, 0.2) is 15.8 Å². The summed E-state index contributed by atoms with van der Waals surface area (Å²) in [5.41, 5.74) is 2.10. The highest BCUT2D eigenvalue weighted by atomic mass is 127. The van der Waals surface area contributed by atoms with Gasteiger partial charge >= 0.3 is 0 Å². The fraction of sp³-hybridized carbons (Fsp3) is 0.350. The van der Waals surface area contributed by atoms with Crippen LogP contribution in [0.3, 0.4) is 0 Å². The third-order valence-electron chi connectivity index (χ3n) is 4.58. The average molecular weight is 550 g/mol. The summed E-state index contributed by atoms with van der Waals surface area (Å²) in [4.78, 5) is 4.20. The zero-order valence-corrected chi connectivity index (χ0v) is 20.0. The maximum absolute atomic E-state index is 11.6. The maximum atomic E-state index is 11.6. The molecular formula is C20H25ClIN3O3S. The Balaban J connectivity index is 0.00000300. The second-order valence-corrected chi connectivity index (χ2v) is 9.29. The number of nitrogens with one attached hydrogen (secondary N) is 2. The van der Waals surface area contributed by atoms with Crippen LogP contribution >= 0.6 is 35.6 Å². The molecule has 1 atom stereocenters. The van der Waals surface area contributed by atoms with Crippen LogP contribution in [0.5, 0.6) is 5.75 Å². The number of sulfone groups is 1. The minimum Gasteiger partial charge on any atom is -0.487 e. The molecule has 0 amide bonds. The molecule has 1 saturated heterocycles. The van der Waals surface area contributed by atoms with Crippen molar-refractivity contribution in [2.24, 2.45) is 4.99 Å². The molecule has 2 aromatic rings. The first-order valence-electron chi connectivity index (χ1n) is 9.08. The second-order valence-electron chi connectivity index (χ2n) is 6.66. The molecule has 0 aromatic heterocycles. The summed E-state index contributed by atoms with van der Waals surface area (Å²) in [7, 11) is -1.26. The Labute approximate surface area is 194 Å². The molecule has 0 radical (unpaired) electrons. The van der Waals surface area contributed by atoms with Crippen molar-refractivity contribution >= 4 is 51.4 Å². The minimum atomic E-state index is -2.93. The minimum absolute atomic E-state index is 0. The lowest BCUT2D eigenvalue weighted by Gasteiger charge is -2.17. The number of rotatable bonds is 6. The molecule has 1 heterocycles. The molecule has 0 bridgehead atoms. The third-order valence-corrected chi connectivity index (χ3v) is 6.66. The molecule has 9 heteroatoms. The van der Waals surface area contributed by atoms with Gasteiger partial charge in [0.05, 0.1) is 16.5 Å². The normalized spacial score (nSPS) is 18.0. The summed E-state index contributed by atoms with van der Waals surface area (Å²) < 4.78 is 29.1. The highest BCUT2D eigenvalue weighted by molar-refractivity contribution is 14.0. The van der Waals surface area contributed by atoms with Crippen molar-refractivity contribution in [3.05, 3.63) is 64.7 Å². The first-order valence-corrected chi connectivity index (χ1v) is 11.3. The molecular weight excluding hydrogens is 525 g/mol. The first-order chi connectivity index (χ1) is 13.5. The first kappa shape index (κ1) is 23.8. The number of benzene rings is 2. The van der Waals surface area contributed by atoms with Crippen molar-refractivity contribution in [1.82, 2.24) is 10.6 Å². The van der Waals surface area contributed by atoms with Crippen LogP contribution in [0.15, 0.2) is 53.5 Å². The molecule has 0 saturated carbocycles. The van der Waals surface area contributed by atoms with Crippen LogP contribution in [0.2, 0.25) is 5.02 Å². The van der Waals surface area contributed by atoms with Gasteiger partial charge in [-0.3, -0.25) is 4.99 Å². The van der Waals surface area contributed by atoms with Gasteiger partial charge in [0.25, 0.3) is 0 Å². The monoisotopic (exact) mass is 549 g/mol. The Hall–Kier alpha value is -1.52. The van der Waals surface area contributed by atoms with Crippen LogP contribution in [0.4, 0.5) is 0 Å². The summed E-state index contributed by atoms with van der Waals surface area (Å²) in [6, 6.07) is 15.2. The summed E-state index contributed by atoms with van der Waals surface area (Å²) in [6.07, 6.45) is 0.602. The van der Waals surface area contributed by atoms with E-state index in [4.69, 9.17) is 16.3 Å². The number of hydrogen-bond acceptors (Lipinski definition) is 4. The zero-order valence-electron chi connectivity index (χ0n) is 16.1. The van der Waals surface area contributed by atoms with Crippen molar-refractivity contribution in [2.45, 2.75) is 25.6 Å². The Kier molecular flexibility index (Phi) is 9.04. The molecule has 1 aliphatic rings. The molecule has 3 rings (SSSR count). The molecule has 1 unspecified atom stereocenters. The van der Waals surface area contributed by atoms with E-state index in [-0.39, 0.29) is 41.5 Å². The predicted molar refractivity (Wildman–Crippen MR) is 128 cm³/mol. The van der Waals surface area contributed by atoms with E-state index < -0.39 is 9.84 Å². The average Bonchev–Trinajstić information content (AvgIpc) is 3.03. The maximum Gasteiger partial charge on any atom is 0.191 e. The largest absolute Gasteiger partial charge is 0.487 e. The fourth-order valence-corrected chi connectivity index (χ4v) is 4.93. The Morgan fingerprint density at radius 2 is 1.86 bits per heavy atom. The van der Waals surface area contributed by atoms with Gasteiger partial charge in [-0.25, -0.2) is 8.42 Å². The third kappa shape index (κ3) is 7.04. The van der Waals surface area contributed by atoms with Crippen LogP contribution in [0, 0.1) is 0 Å². The number of ether oxygens (including phenoxy) is 1. The van der Waals surface area contributed by atoms with Gasteiger partial charge in [0, 0.05) is 19.6 Å². The van der Waals surface area contributed by atoms with Crippen LogP contribution in [-0.4, -0.2) is 39.0 Å². The van der Waals surface area contributed by atoms with Crippen LogP contribution in [0.1, 0.15) is 17.5 Å². The Morgan fingerprint density at radius 1 is 1.17 bits per heavy atom. The van der Waals surface area contributed by atoms with E-state index in [0.717, 1.165) is 11.1 Å². The molecule has 6 nitrogen and oxygen atoms in total. The van der Waals surface area contributed by atoms with Crippen LogP contribution in [-0.2, 0) is 23.0 Å². The van der Waals surface area contributed by atoms with Crippen molar-refractivity contribution in [3.8, 4) is 5.75 Å². The molecule has 0 spiro atoms. The predicted octanol–water partition coefficient (Wildman–Crippen LogP) is 3.39. The second kappa shape index (κ2) is 11.0. The van der Waals surface area contributed by atoms with Gasteiger partial charge in [0.2, 0.25) is 0 Å². The van der Waals surface area contributed by atoms with E-state index >= 15 is 0 Å². The molecule has 2 aromatic carbocycles. The van der Waals surface area contributed by atoms with Gasteiger partial charge in [-0.1, -0.05) is 48.0 Å². The van der Waals surface area contributed by atoms with E-state index in [2.05, 4.69) is 15.6 Å². The summed E-state index contributed by atoms with van der Waals surface area (Å²) >= 11 is 6.15. The van der Waals surface area contributed by atoms with E-state index in [0.29, 0.717) is 36.3 Å². The van der Waals surface area contributed by atoms with E-state index in [1.165, 1.54) is 0 Å². The van der Waals surface area contributed by atoms with E-state index in [1.54, 1.807) is 13.1 Å². The molecule has 1 fully saturated rings. The highest BCUT2D eigenvalue weighted by Crippen LogP contribution is 2.24. The van der Waals surface area contributed by atoms with Crippen LogP contribution in [0.25, 0.3) is 0 Å². The quantitative estimate of drug-likeness (QED) is 0.328. The van der Waals surface area contributed by atoms with E-state index in [9.17, 15) is 8.42 Å². The molecule has 2 N–H and O–H groups in total. The molecule has 158 valence electrons. The molecule has 0 aliphatic carbocycles.